The van der Waals surface area contributed by atoms with E-state index < -0.39 is 0 Å². The molecule has 0 saturated carbocycles. The summed E-state index contributed by atoms with van der Waals surface area (Å²) < 4.78 is 20.7. The van der Waals surface area contributed by atoms with Crippen LogP contribution in [0.3, 0.4) is 0 Å². The van der Waals surface area contributed by atoms with Crippen LogP contribution in [0.25, 0.3) is 11.0 Å². The average Bonchev–Trinajstić information content (AvgIpc) is 2.82. The topological polar surface area (TPSA) is 27.1 Å². The Hall–Kier alpha value is -2.36. The van der Waals surface area contributed by atoms with E-state index in [2.05, 4.69) is 31.0 Å². The molecular formula is C17H17FN2O. The van der Waals surface area contributed by atoms with E-state index in [0.29, 0.717) is 6.54 Å². The number of hydrogen-bond donors (Lipinski definition) is 0. The van der Waals surface area contributed by atoms with E-state index in [1.165, 1.54) is 24.3 Å². The van der Waals surface area contributed by atoms with Crippen LogP contribution in [0.5, 0.6) is 5.75 Å². The molecule has 3 nitrogen and oxygen atoms in total. The number of hydrogen-bond acceptors (Lipinski definition) is 2. The molecule has 0 saturated heterocycles. The number of methoxy groups -OCH3 is 1. The van der Waals surface area contributed by atoms with Crippen molar-refractivity contribution >= 4 is 11.0 Å². The Morgan fingerprint density at radius 2 is 1.90 bits per heavy atom. The van der Waals surface area contributed by atoms with Crippen molar-refractivity contribution < 1.29 is 9.13 Å². The third-order valence-corrected chi connectivity index (χ3v) is 3.81. The molecule has 3 rings (SSSR count). The zero-order valence-corrected chi connectivity index (χ0v) is 12.4. The van der Waals surface area contributed by atoms with Crippen molar-refractivity contribution in [2.45, 2.75) is 20.4 Å². The lowest BCUT2D eigenvalue weighted by Crippen LogP contribution is -1.99. The van der Waals surface area contributed by atoms with Gasteiger partial charge < -0.3 is 9.30 Å². The predicted molar refractivity (Wildman–Crippen MR) is 81.3 cm³/mol. The van der Waals surface area contributed by atoms with Gasteiger partial charge in [-0.1, -0.05) is 6.07 Å². The first-order chi connectivity index (χ1) is 10.1. The van der Waals surface area contributed by atoms with Gasteiger partial charge in [-0.2, -0.15) is 0 Å². The predicted octanol–water partition coefficient (Wildman–Crippen LogP) is 3.85. The maximum Gasteiger partial charge on any atom is 0.165 e. The Morgan fingerprint density at radius 1 is 1.14 bits per heavy atom. The molecule has 0 atom stereocenters. The normalized spacial score (nSPS) is 11.0. The van der Waals surface area contributed by atoms with Crippen molar-refractivity contribution in [2.75, 3.05) is 7.11 Å². The van der Waals surface area contributed by atoms with Gasteiger partial charge >= 0.3 is 0 Å². The highest BCUT2D eigenvalue weighted by molar-refractivity contribution is 5.77. The maximum absolute atomic E-state index is 13.8. The van der Waals surface area contributed by atoms with Crippen molar-refractivity contribution in [1.82, 2.24) is 9.55 Å². The minimum absolute atomic E-state index is 0.265. The van der Waals surface area contributed by atoms with E-state index in [-0.39, 0.29) is 11.6 Å². The number of aromatic nitrogens is 2. The van der Waals surface area contributed by atoms with E-state index in [4.69, 9.17) is 4.74 Å². The standard InChI is InChI=1S/C17H17FN2O/c1-11-6-15-16(7-12(11)2)20(10-19-15)9-13-4-5-17(21-3)14(18)8-13/h4-8,10H,9H2,1-3H3. The van der Waals surface area contributed by atoms with Gasteiger partial charge in [-0.05, 0) is 54.8 Å². The van der Waals surface area contributed by atoms with Crippen LogP contribution in [-0.4, -0.2) is 16.7 Å². The van der Waals surface area contributed by atoms with Gasteiger partial charge in [0.15, 0.2) is 11.6 Å². The van der Waals surface area contributed by atoms with Gasteiger partial charge in [0.05, 0.1) is 24.5 Å². The Bertz CT molecular complexity index is 808. The zero-order valence-electron chi connectivity index (χ0n) is 12.4. The van der Waals surface area contributed by atoms with Crippen LogP contribution in [-0.2, 0) is 6.54 Å². The number of halogens is 1. The van der Waals surface area contributed by atoms with Gasteiger partial charge in [-0.3, -0.25) is 0 Å². The van der Waals surface area contributed by atoms with Crippen molar-refractivity contribution in [2.24, 2.45) is 0 Å². The molecule has 0 radical (unpaired) electrons. The quantitative estimate of drug-likeness (QED) is 0.730. The highest BCUT2D eigenvalue weighted by Crippen LogP contribution is 2.21. The van der Waals surface area contributed by atoms with E-state index in [1.54, 1.807) is 12.4 Å². The first kappa shape index (κ1) is 13.6. The molecule has 0 aliphatic rings. The van der Waals surface area contributed by atoms with Crippen LogP contribution in [0.15, 0.2) is 36.7 Å². The second kappa shape index (κ2) is 5.20. The average molecular weight is 284 g/mol. The molecular weight excluding hydrogens is 267 g/mol. The Morgan fingerprint density at radius 3 is 2.62 bits per heavy atom. The molecule has 0 unspecified atom stereocenters. The monoisotopic (exact) mass is 284 g/mol. The molecule has 4 heteroatoms. The molecule has 2 aromatic carbocycles. The third-order valence-electron chi connectivity index (χ3n) is 3.81. The van der Waals surface area contributed by atoms with E-state index >= 15 is 0 Å². The third kappa shape index (κ3) is 2.49. The number of imidazole rings is 1. The molecule has 0 amide bonds. The fourth-order valence-electron chi connectivity index (χ4n) is 2.44. The van der Waals surface area contributed by atoms with E-state index in [9.17, 15) is 4.39 Å². The molecule has 0 fully saturated rings. The molecule has 0 aliphatic heterocycles. The molecule has 108 valence electrons. The van der Waals surface area contributed by atoms with Crippen LogP contribution in [0.2, 0.25) is 0 Å². The summed E-state index contributed by atoms with van der Waals surface area (Å²) in [4.78, 5) is 4.42. The number of fused-ring (bicyclic) bond motifs is 1. The smallest absolute Gasteiger partial charge is 0.165 e. The fourth-order valence-corrected chi connectivity index (χ4v) is 2.44. The van der Waals surface area contributed by atoms with Gasteiger partial charge in [0, 0.05) is 6.54 Å². The van der Waals surface area contributed by atoms with Crippen LogP contribution >= 0.6 is 0 Å². The van der Waals surface area contributed by atoms with Crippen LogP contribution in [0, 0.1) is 19.7 Å². The Balaban J connectivity index is 1.98. The van der Waals surface area contributed by atoms with Crippen molar-refractivity contribution in [1.29, 1.82) is 0 Å². The molecule has 0 spiro atoms. The summed E-state index contributed by atoms with van der Waals surface area (Å²) in [5.41, 5.74) is 5.36. The minimum Gasteiger partial charge on any atom is -0.494 e. The number of benzene rings is 2. The highest BCUT2D eigenvalue weighted by Gasteiger charge is 2.08. The Kier molecular flexibility index (Phi) is 3.37. The number of rotatable bonds is 3. The molecule has 1 aromatic heterocycles. The van der Waals surface area contributed by atoms with E-state index in [0.717, 1.165) is 16.6 Å². The lowest BCUT2D eigenvalue weighted by Gasteiger charge is -2.08. The summed E-state index contributed by atoms with van der Waals surface area (Å²) in [6.45, 7) is 4.74. The first-order valence-corrected chi connectivity index (χ1v) is 6.83. The molecule has 3 aromatic rings. The molecule has 0 bridgehead atoms. The minimum atomic E-state index is -0.341. The summed E-state index contributed by atoms with van der Waals surface area (Å²) in [5, 5.41) is 0. The number of nitrogens with zero attached hydrogens (tertiary/aromatic N) is 2. The first-order valence-electron chi connectivity index (χ1n) is 6.83. The molecule has 0 N–H and O–H groups in total. The van der Waals surface area contributed by atoms with Crippen LogP contribution in [0.4, 0.5) is 4.39 Å². The summed E-state index contributed by atoms with van der Waals surface area (Å²) in [5.74, 6) is -0.0767. The molecule has 21 heavy (non-hydrogen) atoms. The van der Waals surface area contributed by atoms with Gasteiger partial charge in [0.25, 0.3) is 0 Å². The van der Waals surface area contributed by atoms with Gasteiger partial charge in [-0.15, -0.1) is 0 Å². The summed E-state index contributed by atoms with van der Waals surface area (Å²) >= 11 is 0. The summed E-state index contributed by atoms with van der Waals surface area (Å²) in [6, 6.07) is 9.23. The molecule has 1 heterocycles. The van der Waals surface area contributed by atoms with Crippen molar-refractivity contribution in [3.05, 3.63) is 59.2 Å². The SMILES string of the molecule is COc1ccc(Cn2cnc3cc(C)c(C)cc32)cc1F. The summed E-state index contributed by atoms with van der Waals surface area (Å²) in [6.07, 6.45) is 1.80. The van der Waals surface area contributed by atoms with Crippen LogP contribution in [0.1, 0.15) is 16.7 Å². The highest BCUT2D eigenvalue weighted by atomic mass is 19.1. The second-order valence-electron chi connectivity index (χ2n) is 5.27. The van der Waals surface area contributed by atoms with Gasteiger partial charge in [-0.25, -0.2) is 9.37 Å². The fraction of sp³-hybridized carbons (Fsp3) is 0.235. The number of aryl methyl sites for hydroxylation is 2. The Labute approximate surface area is 123 Å². The van der Waals surface area contributed by atoms with Crippen LogP contribution < -0.4 is 4.74 Å². The lowest BCUT2D eigenvalue weighted by atomic mass is 10.1. The zero-order chi connectivity index (χ0) is 15.0. The lowest BCUT2D eigenvalue weighted by molar-refractivity contribution is 0.386. The van der Waals surface area contributed by atoms with Gasteiger partial charge in [0.2, 0.25) is 0 Å². The number of ether oxygens (including phenoxy) is 1. The maximum atomic E-state index is 13.8. The molecule has 0 aliphatic carbocycles. The largest absolute Gasteiger partial charge is 0.494 e. The van der Waals surface area contributed by atoms with Crippen molar-refractivity contribution in [3.8, 4) is 5.75 Å². The van der Waals surface area contributed by atoms with Gasteiger partial charge in [0.1, 0.15) is 0 Å². The van der Waals surface area contributed by atoms with Crippen molar-refractivity contribution in [3.63, 3.8) is 0 Å². The van der Waals surface area contributed by atoms with E-state index in [1.807, 2.05) is 10.6 Å². The second-order valence-corrected chi connectivity index (χ2v) is 5.27. The summed E-state index contributed by atoms with van der Waals surface area (Å²) in [7, 11) is 1.46.